The molecular weight excluding hydrogens is 314 g/mol. The fourth-order valence-electron chi connectivity index (χ4n) is 2.71. The van der Waals surface area contributed by atoms with Crippen LogP contribution >= 0.6 is 0 Å². The van der Waals surface area contributed by atoms with Gasteiger partial charge < -0.3 is 14.8 Å². The molecule has 1 heterocycles. The van der Waals surface area contributed by atoms with Crippen LogP contribution in [0.4, 0.5) is 0 Å². The van der Waals surface area contributed by atoms with Crippen LogP contribution in [0.25, 0.3) is 0 Å². The summed E-state index contributed by atoms with van der Waals surface area (Å²) >= 11 is 0. The Balaban J connectivity index is 1.99. The summed E-state index contributed by atoms with van der Waals surface area (Å²) in [6.45, 7) is 2.05. The lowest BCUT2D eigenvalue weighted by atomic mass is 10.0. The Labute approximate surface area is 147 Å². The van der Waals surface area contributed by atoms with Crippen molar-refractivity contribution in [1.82, 2.24) is 9.97 Å². The summed E-state index contributed by atoms with van der Waals surface area (Å²) in [5.74, 6) is 0.759. The zero-order chi connectivity index (χ0) is 17.6. The number of phenols is 1. The molecule has 0 aliphatic carbocycles. The van der Waals surface area contributed by atoms with Crippen LogP contribution in [0.15, 0.2) is 66.0 Å². The van der Waals surface area contributed by atoms with Gasteiger partial charge in [0.05, 0.1) is 25.2 Å². The van der Waals surface area contributed by atoms with Gasteiger partial charge in [0.25, 0.3) is 0 Å². The first-order valence-electron chi connectivity index (χ1n) is 8.15. The molecule has 0 aliphatic rings. The summed E-state index contributed by atoms with van der Waals surface area (Å²) in [5, 5.41) is 10.4. The molecule has 5 heteroatoms. The average molecular weight is 335 g/mol. The standard InChI is InChI=1S/C20H21N3O2/c1-14(10-16-12-21-13-22-16)23-20(15-6-4-3-5-7-15)18-9-8-17(25-2)11-19(18)24/h3-9,11-14,24H,10H2,1-2H3,(H,21,22)/t14-/m1/s1. The third kappa shape index (κ3) is 4.07. The van der Waals surface area contributed by atoms with Crippen molar-refractivity contribution < 1.29 is 9.84 Å². The Hall–Kier alpha value is -3.08. The maximum absolute atomic E-state index is 10.4. The van der Waals surface area contributed by atoms with E-state index in [2.05, 4.69) is 9.97 Å². The molecule has 5 nitrogen and oxygen atoms in total. The number of nitrogens with one attached hydrogen (secondary N) is 1. The van der Waals surface area contributed by atoms with Crippen molar-refractivity contribution >= 4 is 5.71 Å². The molecule has 0 aliphatic heterocycles. The number of methoxy groups -OCH3 is 1. The summed E-state index contributed by atoms with van der Waals surface area (Å²) in [5.41, 5.74) is 3.43. The van der Waals surface area contributed by atoms with Crippen molar-refractivity contribution in [3.8, 4) is 11.5 Å². The largest absolute Gasteiger partial charge is 0.507 e. The number of benzene rings is 2. The van der Waals surface area contributed by atoms with Crippen LogP contribution in [0.1, 0.15) is 23.7 Å². The number of aliphatic imine (C=N–C) groups is 1. The minimum atomic E-state index is 0.0251. The number of hydrogen-bond acceptors (Lipinski definition) is 4. The molecule has 0 bridgehead atoms. The predicted octanol–water partition coefficient (Wildman–Crippen LogP) is 3.59. The van der Waals surface area contributed by atoms with Gasteiger partial charge in [0.15, 0.2) is 0 Å². The second kappa shape index (κ2) is 7.66. The van der Waals surface area contributed by atoms with Gasteiger partial charge in [-0.2, -0.15) is 0 Å². The van der Waals surface area contributed by atoms with Gasteiger partial charge in [-0.05, 0) is 19.1 Å². The first-order chi connectivity index (χ1) is 12.2. The van der Waals surface area contributed by atoms with E-state index in [-0.39, 0.29) is 11.8 Å². The number of H-pyrrole nitrogens is 1. The summed E-state index contributed by atoms with van der Waals surface area (Å²) in [4.78, 5) is 12.0. The number of ether oxygens (including phenoxy) is 1. The Morgan fingerprint density at radius 3 is 2.68 bits per heavy atom. The molecule has 1 atom stereocenters. The molecule has 3 aromatic rings. The van der Waals surface area contributed by atoms with Gasteiger partial charge in [-0.3, -0.25) is 4.99 Å². The lowest BCUT2D eigenvalue weighted by Gasteiger charge is -2.13. The molecule has 2 aromatic carbocycles. The van der Waals surface area contributed by atoms with Crippen molar-refractivity contribution in [1.29, 1.82) is 0 Å². The van der Waals surface area contributed by atoms with Crippen LogP contribution in [0.2, 0.25) is 0 Å². The van der Waals surface area contributed by atoms with Crippen molar-refractivity contribution in [3.63, 3.8) is 0 Å². The molecule has 2 N–H and O–H groups in total. The third-order valence-corrected chi connectivity index (χ3v) is 3.93. The molecule has 0 spiro atoms. The monoisotopic (exact) mass is 335 g/mol. The maximum Gasteiger partial charge on any atom is 0.128 e. The number of phenolic OH excluding ortho intramolecular Hbond substituents is 1. The fourth-order valence-corrected chi connectivity index (χ4v) is 2.71. The van der Waals surface area contributed by atoms with Gasteiger partial charge in [0.1, 0.15) is 11.5 Å². The second-order valence-corrected chi connectivity index (χ2v) is 5.86. The number of rotatable bonds is 6. The topological polar surface area (TPSA) is 70.5 Å². The van der Waals surface area contributed by atoms with E-state index in [4.69, 9.17) is 9.73 Å². The highest BCUT2D eigenvalue weighted by Crippen LogP contribution is 2.26. The van der Waals surface area contributed by atoms with Gasteiger partial charge >= 0.3 is 0 Å². The van der Waals surface area contributed by atoms with E-state index in [1.807, 2.05) is 49.4 Å². The predicted molar refractivity (Wildman–Crippen MR) is 98.5 cm³/mol. The highest BCUT2D eigenvalue weighted by atomic mass is 16.5. The van der Waals surface area contributed by atoms with Crippen molar-refractivity contribution in [2.75, 3.05) is 7.11 Å². The van der Waals surface area contributed by atoms with Crippen LogP contribution in [0.5, 0.6) is 11.5 Å². The molecule has 1 aromatic heterocycles. The molecule has 0 amide bonds. The lowest BCUT2D eigenvalue weighted by Crippen LogP contribution is -2.11. The zero-order valence-electron chi connectivity index (χ0n) is 14.3. The van der Waals surface area contributed by atoms with Crippen LogP contribution in [0.3, 0.4) is 0 Å². The molecule has 0 unspecified atom stereocenters. The fraction of sp³-hybridized carbons (Fsp3) is 0.200. The van der Waals surface area contributed by atoms with E-state index in [9.17, 15) is 5.11 Å². The Bertz CT molecular complexity index is 843. The molecule has 0 fully saturated rings. The number of aromatic nitrogens is 2. The molecule has 25 heavy (non-hydrogen) atoms. The molecule has 128 valence electrons. The Morgan fingerprint density at radius 1 is 1.24 bits per heavy atom. The first kappa shape index (κ1) is 16.8. The molecular formula is C20H21N3O2. The van der Waals surface area contributed by atoms with Gasteiger partial charge in [0, 0.05) is 35.5 Å². The number of aromatic amines is 1. The molecule has 0 saturated heterocycles. The number of imidazole rings is 1. The molecule has 3 rings (SSSR count). The SMILES string of the molecule is COc1ccc(C(=N[C@H](C)Cc2cnc[nH]2)c2ccccc2)c(O)c1. The second-order valence-electron chi connectivity index (χ2n) is 5.86. The lowest BCUT2D eigenvalue weighted by molar-refractivity contribution is 0.407. The zero-order valence-corrected chi connectivity index (χ0v) is 14.3. The minimum Gasteiger partial charge on any atom is -0.507 e. The Kier molecular flexibility index (Phi) is 5.14. The van der Waals surface area contributed by atoms with Crippen molar-refractivity contribution in [3.05, 3.63) is 77.9 Å². The molecule has 0 radical (unpaired) electrons. The van der Waals surface area contributed by atoms with E-state index < -0.39 is 0 Å². The van der Waals surface area contributed by atoms with E-state index >= 15 is 0 Å². The van der Waals surface area contributed by atoms with E-state index in [0.29, 0.717) is 11.3 Å². The number of nitrogens with zero attached hydrogens (tertiary/aromatic N) is 2. The summed E-state index contributed by atoms with van der Waals surface area (Å²) in [6.07, 6.45) is 4.21. The minimum absolute atomic E-state index is 0.0251. The van der Waals surface area contributed by atoms with E-state index in [1.54, 1.807) is 25.7 Å². The first-order valence-corrected chi connectivity index (χ1v) is 8.15. The van der Waals surface area contributed by atoms with Crippen LogP contribution in [-0.2, 0) is 6.42 Å². The van der Waals surface area contributed by atoms with Crippen LogP contribution < -0.4 is 4.74 Å². The number of aromatic hydroxyl groups is 1. The van der Waals surface area contributed by atoms with Gasteiger partial charge in [-0.15, -0.1) is 0 Å². The summed E-state index contributed by atoms with van der Waals surface area (Å²) in [7, 11) is 1.58. The van der Waals surface area contributed by atoms with Gasteiger partial charge in [0.2, 0.25) is 0 Å². The molecule has 0 saturated carbocycles. The maximum atomic E-state index is 10.4. The highest BCUT2D eigenvalue weighted by Gasteiger charge is 2.14. The van der Waals surface area contributed by atoms with Crippen molar-refractivity contribution in [2.45, 2.75) is 19.4 Å². The summed E-state index contributed by atoms with van der Waals surface area (Å²) in [6, 6.07) is 15.2. The van der Waals surface area contributed by atoms with E-state index in [1.165, 1.54) is 0 Å². The third-order valence-electron chi connectivity index (χ3n) is 3.93. The van der Waals surface area contributed by atoms with Gasteiger partial charge in [-0.25, -0.2) is 4.98 Å². The smallest absolute Gasteiger partial charge is 0.128 e. The summed E-state index contributed by atoms with van der Waals surface area (Å²) < 4.78 is 5.18. The number of hydrogen-bond donors (Lipinski definition) is 2. The Morgan fingerprint density at radius 2 is 2.04 bits per heavy atom. The normalized spacial score (nSPS) is 12.8. The van der Waals surface area contributed by atoms with Gasteiger partial charge in [-0.1, -0.05) is 30.3 Å². The highest BCUT2D eigenvalue weighted by molar-refractivity contribution is 6.14. The van der Waals surface area contributed by atoms with Crippen molar-refractivity contribution in [2.24, 2.45) is 4.99 Å². The quantitative estimate of drug-likeness (QED) is 0.676. The van der Waals surface area contributed by atoms with E-state index in [0.717, 1.165) is 23.4 Å². The average Bonchev–Trinajstić information content (AvgIpc) is 3.13. The van der Waals surface area contributed by atoms with Crippen LogP contribution in [-0.4, -0.2) is 33.9 Å². The van der Waals surface area contributed by atoms with Crippen LogP contribution in [0, 0.1) is 0 Å².